The number of nitrogens with one attached hydrogen (secondary N) is 2. The molecule has 10 heteroatoms. The molecule has 2 aromatic rings. The Labute approximate surface area is 163 Å². The van der Waals surface area contributed by atoms with E-state index < -0.39 is 34.8 Å². The van der Waals surface area contributed by atoms with Crippen LogP contribution >= 0.6 is 0 Å². The molecule has 0 bridgehead atoms. The first kappa shape index (κ1) is 19.2. The second-order valence-electron chi connectivity index (χ2n) is 6.92. The SMILES string of the molecule is CN1C(=N)N[C@@]2(c3cc(Oc4ncc(F)cc4F)ccc3F)COCC[C@H]2C1=O. The minimum atomic E-state index is -1.31. The van der Waals surface area contributed by atoms with Crippen molar-refractivity contribution < 1.29 is 27.4 Å². The van der Waals surface area contributed by atoms with Crippen LogP contribution in [0.25, 0.3) is 0 Å². The average Bonchev–Trinajstić information content (AvgIpc) is 2.69. The number of guanidine groups is 1. The van der Waals surface area contributed by atoms with Crippen molar-refractivity contribution in [2.24, 2.45) is 5.92 Å². The van der Waals surface area contributed by atoms with Gasteiger partial charge in [-0.3, -0.25) is 15.1 Å². The monoisotopic (exact) mass is 406 g/mol. The van der Waals surface area contributed by atoms with Gasteiger partial charge in [-0.15, -0.1) is 0 Å². The highest BCUT2D eigenvalue weighted by Gasteiger charge is 2.53. The van der Waals surface area contributed by atoms with Gasteiger partial charge in [0.1, 0.15) is 22.9 Å². The Morgan fingerprint density at radius 3 is 2.86 bits per heavy atom. The summed E-state index contributed by atoms with van der Waals surface area (Å²) < 4.78 is 52.7. The Morgan fingerprint density at radius 2 is 2.10 bits per heavy atom. The van der Waals surface area contributed by atoms with Crippen molar-refractivity contribution in [1.29, 1.82) is 5.41 Å². The molecule has 0 radical (unpaired) electrons. The number of fused-ring (bicyclic) bond motifs is 1. The van der Waals surface area contributed by atoms with Crippen molar-refractivity contribution in [1.82, 2.24) is 15.2 Å². The average molecular weight is 406 g/mol. The Kier molecular flexibility index (Phi) is 4.65. The van der Waals surface area contributed by atoms with Crippen LogP contribution in [0, 0.1) is 28.8 Å². The fourth-order valence-electron chi connectivity index (χ4n) is 3.71. The molecule has 2 aliphatic heterocycles. The van der Waals surface area contributed by atoms with Gasteiger partial charge in [0.05, 0.1) is 18.7 Å². The van der Waals surface area contributed by atoms with E-state index in [0.29, 0.717) is 19.1 Å². The molecule has 0 saturated carbocycles. The lowest BCUT2D eigenvalue weighted by Crippen LogP contribution is -2.68. The highest BCUT2D eigenvalue weighted by molar-refractivity contribution is 6.00. The quantitative estimate of drug-likeness (QED) is 0.818. The van der Waals surface area contributed by atoms with Crippen LogP contribution in [0.3, 0.4) is 0 Å². The maximum atomic E-state index is 14.9. The number of aromatic nitrogens is 1. The first-order chi connectivity index (χ1) is 13.8. The summed E-state index contributed by atoms with van der Waals surface area (Å²) in [5.74, 6) is -4.12. The van der Waals surface area contributed by atoms with Gasteiger partial charge in [0.2, 0.25) is 5.91 Å². The molecule has 152 valence electrons. The third kappa shape index (κ3) is 3.19. The molecule has 2 aliphatic rings. The highest BCUT2D eigenvalue weighted by atomic mass is 19.1. The van der Waals surface area contributed by atoms with Gasteiger partial charge in [0, 0.05) is 25.3 Å². The largest absolute Gasteiger partial charge is 0.436 e. The first-order valence-corrected chi connectivity index (χ1v) is 8.83. The molecule has 1 aromatic heterocycles. The lowest BCUT2D eigenvalue weighted by Gasteiger charge is -2.49. The minimum absolute atomic E-state index is 0.0385. The van der Waals surface area contributed by atoms with Gasteiger partial charge in [-0.2, -0.15) is 0 Å². The number of amides is 1. The van der Waals surface area contributed by atoms with Gasteiger partial charge >= 0.3 is 0 Å². The third-order valence-electron chi connectivity index (χ3n) is 5.19. The van der Waals surface area contributed by atoms with E-state index in [1.165, 1.54) is 24.1 Å². The summed E-state index contributed by atoms with van der Waals surface area (Å²) in [6, 6.07) is 4.30. The topological polar surface area (TPSA) is 87.5 Å². The molecule has 2 saturated heterocycles. The lowest BCUT2D eigenvalue weighted by atomic mass is 9.73. The molecule has 0 aliphatic carbocycles. The number of pyridine rings is 1. The zero-order chi connectivity index (χ0) is 20.8. The molecule has 2 atom stereocenters. The van der Waals surface area contributed by atoms with E-state index in [1.54, 1.807) is 0 Å². The summed E-state index contributed by atoms with van der Waals surface area (Å²) in [4.78, 5) is 17.5. The van der Waals surface area contributed by atoms with Crippen molar-refractivity contribution in [3.05, 3.63) is 53.5 Å². The van der Waals surface area contributed by atoms with Crippen molar-refractivity contribution >= 4 is 11.9 Å². The van der Waals surface area contributed by atoms with Crippen LogP contribution < -0.4 is 10.1 Å². The first-order valence-electron chi connectivity index (χ1n) is 8.83. The maximum Gasteiger partial charge on any atom is 0.256 e. The minimum Gasteiger partial charge on any atom is -0.436 e. The molecule has 2 fully saturated rings. The standard InChI is InChI=1S/C19H17F3N4O3/c1-26-17(27)12-4-5-28-9-19(12,25-18(26)23)13-7-11(2-3-14(13)21)29-16-15(22)6-10(20)8-24-16/h2-3,6-8,12H,4-5,9H2,1H3,(H2,23,25)/t12-,19-/m0/s1. The van der Waals surface area contributed by atoms with Gasteiger partial charge in [0.15, 0.2) is 11.8 Å². The van der Waals surface area contributed by atoms with Crippen molar-refractivity contribution in [3.8, 4) is 11.6 Å². The number of carbonyl (C=O) groups is 1. The maximum absolute atomic E-state index is 14.9. The molecule has 3 heterocycles. The second-order valence-corrected chi connectivity index (χ2v) is 6.92. The number of nitrogens with zero attached hydrogens (tertiary/aromatic N) is 2. The zero-order valence-electron chi connectivity index (χ0n) is 15.3. The number of benzene rings is 1. The fraction of sp³-hybridized carbons (Fsp3) is 0.316. The third-order valence-corrected chi connectivity index (χ3v) is 5.19. The van der Waals surface area contributed by atoms with E-state index >= 15 is 0 Å². The number of halogens is 3. The van der Waals surface area contributed by atoms with Crippen LogP contribution in [0.1, 0.15) is 12.0 Å². The molecule has 7 nitrogen and oxygen atoms in total. The van der Waals surface area contributed by atoms with Gasteiger partial charge in [0.25, 0.3) is 5.88 Å². The number of hydrogen-bond donors (Lipinski definition) is 2. The summed E-state index contributed by atoms with van der Waals surface area (Å²) in [7, 11) is 1.47. The number of rotatable bonds is 3. The van der Waals surface area contributed by atoms with E-state index in [9.17, 15) is 18.0 Å². The zero-order valence-corrected chi connectivity index (χ0v) is 15.3. The fourth-order valence-corrected chi connectivity index (χ4v) is 3.71. The molecular formula is C19H17F3N4O3. The number of ether oxygens (including phenoxy) is 2. The summed E-state index contributed by atoms with van der Waals surface area (Å²) in [6.07, 6.45) is 1.13. The Balaban J connectivity index is 1.76. The van der Waals surface area contributed by atoms with Gasteiger partial charge in [-0.05, 0) is 24.6 Å². The predicted octanol–water partition coefficient (Wildman–Crippen LogP) is 2.52. The molecule has 0 spiro atoms. The van der Waals surface area contributed by atoms with Crippen molar-refractivity contribution in [2.75, 3.05) is 20.3 Å². The lowest BCUT2D eigenvalue weighted by molar-refractivity contribution is -0.143. The molecule has 4 rings (SSSR count). The summed E-state index contributed by atoms with van der Waals surface area (Å²) in [5, 5.41) is 11.0. The number of hydrogen-bond acceptors (Lipinski definition) is 5. The van der Waals surface area contributed by atoms with E-state index in [2.05, 4.69) is 10.3 Å². The van der Waals surface area contributed by atoms with Crippen LogP contribution in [0.15, 0.2) is 30.5 Å². The molecule has 1 amide bonds. The highest BCUT2D eigenvalue weighted by Crippen LogP contribution is 2.42. The Hall–Kier alpha value is -3.14. The van der Waals surface area contributed by atoms with E-state index in [1.807, 2.05) is 0 Å². The predicted molar refractivity (Wildman–Crippen MR) is 94.9 cm³/mol. The van der Waals surface area contributed by atoms with Crippen LogP contribution in [0.5, 0.6) is 11.6 Å². The van der Waals surface area contributed by atoms with E-state index in [0.717, 1.165) is 12.3 Å². The number of carbonyl (C=O) groups excluding carboxylic acids is 1. The molecule has 2 N–H and O–H groups in total. The van der Waals surface area contributed by atoms with Crippen LogP contribution in [-0.4, -0.2) is 42.0 Å². The Morgan fingerprint density at radius 1 is 1.31 bits per heavy atom. The molecule has 0 unspecified atom stereocenters. The van der Waals surface area contributed by atoms with Gasteiger partial charge in [-0.1, -0.05) is 0 Å². The van der Waals surface area contributed by atoms with Crippen molar-refractivity contribution in [2.45, 2.75) is 12.0 Å². The molecule has 1 aromatic carbocycles. The van der Waals surface area contributed by atoms with Crippen LogP contribution in [0.4, 0.5) is 13.2 Å². The second kappa shape index (κ2) is 7.03. The summed E-state index contributed by atoms with van der Waals surface area (Å²) >= 11 is 0. The van der Waals surface area contributed by atoms with Crippen molar-refractivity contribution in [3.63, 3.8) is 0 Å². The van der Waals surface area contributed by atoms with E-state index in [-0.39, 0.29) is 29.8 Å². The summed E-state index contributed by atoms with van der Waals surface area (Å²) in [6.45, 7) is 0.284. The molecule has 29 heavy (non-hydrogen) atoms. The summed E-state index contributed by atoms with van der Waals surface area (Å²) in [5.41, 5.74) is -1.26. The molecular weight excluding hydrogens is 389 g/mol. The normalized spacial score (nSPS) is 24.1. The van der Waals surface area contributed by atoms with Crippen LogP contribution in [-0.2, 0) is 15.1 Å². The van der Waals surface area contributed by atoms with Gasteiger partial charge < -0.3 is 14.8 Å². The Bertz CT molecular complexity index is 1000. The smallest absolute Gasteiger partial charge is 0.256 e. The van der Waals surface area contributed by atoms with Gasteiger partial charge in [-0.25, -0.2) is 18.2 Å². The van der Waals surface area contributed by atoms with E-state index in [4.69, 9.17) is 14.9 Å². The van der Waals surface area contributed by atoms with Crippen LogP contribution in [0.2, 0.25) is 0 Å².